The van der Waals surface area contributed by atoms with E-state index in [1.165, 1.54) is 5.69 Å². The summed E-state index contributed by atoms with van der Waals surface area (Å²) in [5.41, 5.74) is 1.27. The number of rotatable bonds is 3. The molecule has 1 amide bonds. The second-order valence-corrected chi connectivity index (χ2v) is 6.08. The Kier molecular flexibility index (Phi) is 4.47. The number of carbonyl (C=O) groups is 1. The van der Waals surface area contributed by atoms with Gasteiger partial charge in [0, 0.05) is 52.0 Å². The lowest BCUT2D eigenvalue weighted by Crippen LogP contribution is -2.35. The van der Waals surface area contributed by atoms with Gasteiger partial charge in [0.05, 0.1) is 0 Å². The van der Waals surface area contributed by atoms with Crippen molar-refractivity contribution in [3.8, 4) is 0 Å². The lowest BCUT2D eigenvalue weighted by atomic mass is 10.1. The van der Waals surface area contributed by atoms with Gasteiger partial charge < -0.3 is 14.0 Å². The number of amides is 1. The second-order valence-electron chi connectivity index (χ2n) is 6.08. The molecule has 1 aliphatic rings. The molecule has 1 aliphatic heterocycles. The zero-order chi connectivity index (χ0) is 16.4. The molecule has 1 saturated heterocycles. The second kappa shape index (κ2) is 6.54. The molecule has 23 heavy (non-hydrogen) atoms. The monoisotopic (exact) mass is 317 g/mol. The Morgan fingerprint density at radius 1 is 1.39 bits per heavy atom. The van der Waals surface area contributed by atoms with Crippen molar-refractivity contribution in [2.75, 3.05) is 19.6 Å². The van der Waals surface area contributed by atoms with Gasteiger partial charge in [0.2, 0.25) is 11.8 Å². The fourth-order valence-corrected chi connectivity index (χ4v) is 3.11. The minimum atomic E-state index is -0.132. The minimum Gasteiger partial charge on any atom is -0.353 e. The third kappa shape index (κ3) is 3.44. The van der Waals surface area contributed by atoms with E-state index in [9.17, 15) is 4.79 Å². The van der Waals surface area contributed by atoms with Gasteiger partial charge in [-0.15, -0.1) is 0 Å². The van der Waals surface area contributed by atoms with E-state index in [0.717, 1.165) is 26.1 Å². The predicted molar refractivity (Wildman–Crippen MR) is 84.5 cm³/mol. The Morgan fingerprint density at radius 3 is 2.83 bits per heavy atom. The molecule has 0 aliphatic carbocycles. The molecule has 0 bridgehead atoms. The van der Waals surface area contributed by atoms with E-state index >= 15 is 0 Å². The molecule has 0 N–H and O–H groups in total. The Hall–Kier alpha value is -2.15. The van der Waals surface area contributed by atoms with Crippen molar-refractivity contribution in [2.24, 2.45) is 7.05 Å². The van der Waals surface area contributed by atoms with Crippen LogP contribution in [0.3, 0.4) is 0 Å². The molecular formula is C16H23N5O2. The molecule has 0 aromatic carbocycles. The molecule has 1 unspecified atom stereocenters. The van der Waals surface area contributed by atoms with Crippen LogP contribution in [0.25, 0.3) is 0 Å². The van der Waals surface area contributed by atoms with Crippen LogP contribution in [0.5, 0.6) is 0 Å². The summed E-state index contributed by atoms with van der Waals surface area (Å²) >= 11 is 0. The molecule has 0 radical (unpaired) electrons. The number of nitrogens with zero attached hydrogens (tertiary/aromatic N) is 5. The van der Waals surface area contributed by atoms with Crippen molar-refractivity contribution in [3.05, 3.63) is 35.7 Å². The maximum absolute atomic E-state index is 12.0. The largest absolute Gasteiger partial charge is 0.353 e. The number of aromatic nitrogens is 3. The fraction of sp³-hybridized carbons (Fsp3) is 0.562. The average molecular weight is 317 g/mol. The van der Waals surface area contributed by atoms with Crippen molar-refractivity contribution in [3.63, 3.8) is 0 Å². The summed E-state index contributed by atoms with van der Waals surface area (Å²) in [4.78, 5) is 20.6. The third-order valence-electron chi connectivity index (χ3n) is 4.42. The molecule has 3 heterocycles. The summed E-state index contributed by atoms with van der Waals surface area (Å²) in [7, 11) is 2.05. The molecule has 0 saturated carbocycles. The van der Waals surface area contributed by atoms with E-state index in [1.807, 2.05) is 4.90 Å². The molecule has 1 fully saturated rings. The SMILES string of the molecule is CC(=O)N1CCN(Cc2cccn2C)CCC1c1nc(C)no1. The quantitative estimate of drug-likeness (QED) is 0.858. The highest BCUT2D eigenvalue weighted by Gasteiger charge is 2.31. The van der Waals surface area contributed by atoms with Crippen LogP contribution in [0.1, 0.15) is 36.8 Å². The molecule has 124 valence electrons. The van der Waals surface area contributed by atoms with Gasteiger partial charge in [-0.2, -0.15) is 4.98 Å². The normalized spacial score (nSPS) is 19.8. The van der Waals surface area contributed by atoms with Crippen LogP contribution in [0.15, 0.2) is 22.9 Å². The zero-order valence-electron chi connectivity index (χ0n) is 13.9. The topological polar surface area (TPSA) is 67.4 Å². The van der Waals surface area contributed by atoms with Crippen LogP contribution < -0.4 is 0 Å². The lowest BCUT2D eigenvalue weighted by Gasteiger charge is -2.25. The number of aryl methyl sites for hydroxylation is 2. The van der Waals surface area contributed by atoms with Crippen LogP contribution in [0.2, 0.25) is 0 Å². The Balaban J connectivity index is 1.75. The van der Waals surface area contributed by atoms with Gasteiger partial charge in [-0.3, -0.25) is 9.69 Å². The Labute approximate surface area is 135 Å². The number of carbonyl (C=O) groups excluding carboxylic acids is 1. The van der Waals surface area contributed by atoms with Gasteiger partial charge in [-0.1, -0.05) is 5.16 Å². The maximum atomic E-state index is 12.0. The summed E-state index contributed by atoms with van der Waals surface area (Å²) in [6.07, 6.45) is 2.85. The van der Waals surface area contributed by atoms with Crippen molar-refractivity contribution in [1.29, 1.82) is 0 Å². The minimum absolute atomic E-state index is 0.0477. The Bertz CT molecular complexity index is 678. The molecule has 1 atom stereocenters. The van der Waals surface area contributed by atoms with Crippen LogP contribution >= 0.6 is 0 Å². The number of hydrogen-bond acceptors (Lipinski definition) is 5. The first-order chi connectivity index (χ1) is 11.0. The lowest BCUT2D eigenvalue weighted by molar-refractivity contribution is -0.131. The molecule has 2 aromatic rings. The van der Waals surface area contributed by atoms with Crippen LogP contribution in [-0.2, 0) is 18.4 Å². The van der Waals surface area contributed by atoms with E-state index in [4.69, 9.17) is 4.52 Å². The highest BCUT2D eigenvalue weighted by Crippen LogP contribution is 2.26. The van der Waals surface area contributed by atoms with Gasteiger partial charge in [0.15, 0.2) is 5.82 Å². The van der Waals surface area contributed by atoms with E-state index in [0.29, 0.717) is 18.3 Å². The average Bonchev–Trinajstić information content (AvgIpc) is 3.04. The summed E-state index contributed by atoms with van der Waals surface area (Å²) in [5, 5.41) is 3.87. The first-order valence-electron chi connectivity index (χ1n) is 7.94. The first kappa shape index (κ1) is 15.7. The summed E-state index contributed by atoms with van der Waals surface area (Å²) in [6, 6.07) is 4.05. The van der Waals surface area contributed by atoms with E-state index < -0.39 is 0 Å². The molecule has 2 aromatic heterocycles. The van der Waals surface area contributed by atoms with E-state index in [2.05, 4.69) is 45.0 Å². The fourth-order valence-electron chi connectivity index (χ4n) is 3.11. The Morgan fingerprint density at radius 2 is 2.22 bits per heavy atom. The summed E-state index contributed by atoms with van der Waals surface area (Å²) < 4.78 is 7.45. The smallest absolute Gasteiger partial charge is 0.249 e. The van der Waals surface area contributed by atoms with Crippen molar-refractivity contribution < 1.29 is 9.32 Å². The van der Waals surface area contributed by atoms with Crippen molar-refractivity contribution >= 4 is 5.91 Å². The van der Waals surface area contributed by atoms with Crippen LogP contribution in [0.4, 0.5) is 0 Å². The molecular weight excluding hydrogens is 294 g/mol. The van der Waals surface area contributed by atoms with Gasteiger partial charge in [-0.25, -0.2) is 0 Å². The highest BCUT2D eigenvalue weighted by molar-refractivity contribution is 5.73. The first-order valence-corrected chi connectivity index (χ1v) is 7.94. The molecule has 7 heteroatoms. The molecule has 7 nitrogen and oxygen atoms in total. The van der Waals surface area contributed by atoms with E-state index in [1.54, 1.807) is 13.8 Å². The van der Waals surface area contributed by atoms with Crippen molar-refractivity contribution in [1.82, 2.24) is 24.5 Å². The zero-order valence-corrected chi connectivity index (χ0v) is 13.9. The van der Waals surface area contributed by atoms with Gasteiger partial charge in [0.1, 0.15) is 6.04 Å². The van der Waals surface area contributed by atoms with Crippen LogP contribution in [-0.4, -0.2) is 50.0 Å². The highest BCUT2D eigenvalue weighted by atomic mass is 16.5. The third-order valence-corrected chi connectivity index (χ3v) is 4.42. The van der Waals surface area contributed by atoms with Crippen LogP contribution in [0, 0.1) is 6.92 Å². The molecule has 3 rings (SSSR count). The standard InChI is InChI=1S/C16H23N5O2/c1-12-17-16(23-18-12)15-6-8-20(9-10-21(15)13(2)22)11-14-5-4-7-19(14)3/h4-5,7,15H,6,8-11H2,1-3H3. The number of hydrogen-bond donors (Lipinski definition) is 0. The van der Waals surface area contributed by atoms with Gasteiger partial charge in [0.25, 0.3) is 0 Å². The van der Waals surface area contributed by atoms with Crippen molar-refractivity contribution in [2.45, 2.75) is 32.9 Å². The maximum Gasteiger partial charge on any atom is 0.249 e. The summed E-state index contributed by atoms with van der Waals surface area (Å²) in [6.45, 7) is 6.68. The van der Waals surface area contributed by atoms with E-state index in [-0.39, 0.29) is 11.9 Å². The predicted octanol–water partition coefficient (Wildman–Crippen LogP) is 1.51. The summed E-state index contributed by atoms with van der Waals surface area (Å²) in [5.74, 6) is 1.19. The molecule has 0 spiro atoms. The van der Waals surface area contributed by atoms with Gasteiger partial charge >= 0.3 is 0 Å². The van der Waals surface area contributed by atoms with Gasteiger partial charge in [-0.05, 0) is 25.5 Å².